The van der Waals surface area contributed by atoms with Crippen molar-refractivity contribution in [3.8, 4) is 11.5 Å². The lowest BCUT2D eigenvalue weighted by Crippen LogP contribution is -2.52. The molecule has 0 saturated heterocycles. The molecule has 3 aliphatic carbocycles. The number of rotatable bonds is 0. The maximum absolute atomic E-state index is 14.8. The second-order valence-corrected chi connectivity index (χ2v) is 9.48. The molecule has 3 aliphatic heterocycles. The van der Waals surface area contributed by atoms with E-state index in [1.165, 1.54) is 4.90 Å². The smallest absolute Gasteiger partial charge is 0.380 e. The van der Waals surface area contributed by atoms with Gasteiger partial charge in [-0.05, 0) is 36.6 Å². The Kier molecular flexibility index (Phi) is 2.60. The monoisotopic (exact) mass is 439 g/mol. The van der Waals surface area contributed by atoms with Crippen LogP contribution in [0, 0.1) is 0 Å². The first-order valence-electron chi connectivity index (χ1n) is 9.95. The Labute approximate surface area is 171 Å². The Morgan fingerprint density at radius 3 is 2.48 bits per heavy atom. The highest BCUT2D eigenvalue weighted by Crippen LogP contribution is 2.70. The van der Waals surface area contributed by atoms with E-state index in [-0.39, 0.29) is 18.8 Å². The van der Waals surface area contributed by atoms with Crippen molar-refractivity contribution in [1.29, 1.82) is 0 Å². The lowest BCUT2D eigenvalue weighted by molar-refractivity contribution is -0.258. The summed E-state index contributed by atoms with van der Waals surface area (Å²) in [5.74, 6) is -14.4. The van der Waals surface area contributed by atoms with E-state index in [2.05, 4.69) is 0 Å². The molecule has 162 valence electrons. The molecule has 1 aromatic carbocycles. The lowest BCUT2D eigenvalue weighted by atomic mass is 9.78. The summed E-state index contributed by atoms with van der Waals surface area (Å²) in [6.07, 6.45) is 2.84. The lowest BCUT2D eigenvalue weighted by Gasteiger charge is -2.43. The average Bonchev–Trinajstić information content (AvgIpc) is 3.00. The van der Waals surface area contributed by atoms with Crippen LogP contribution in [0.2, 0.25) is 0 Å². The summed E-state index contributed by atoms with van der Waals surface area (Å²) in [7, 11) is 0. The highest BCUT2D eigenvalue weighted by molar-refractivity contribution is 5.83. The first kappa shape index (κ1) is 18.0. The van der Waals surface area contributed by atoms with Gasteiger partial charge in [-0.3, -0.25) is 0 Å². The zero-order chi connectivity index (χ0) is 21.9. The fourth-order valence-corrected chi connectivity index (χ4v) is 6.23. The van der Waals surface area contributed by atoms with Crippen molar-refractivity contribution < 1.29 is 35.8 Å². The summed E-state index contributed by atoms with van der Waals surface area (Å²) in [6, 6.07) is 1.73. The molecule has 2 unspecified atom stereocenters. The first-order valence-corrected chi connectivity index (χ1v) is 9.95. The number of allylic oxidation sites excluding steroid dienone is 2. The second kappa shape index (κ2) is 4.47. The molecule has 6 aliphatic rings. The molecule has 0 amide bonds. The largest absolute Gasteiger partial charge is 0.454 e. The summed E-state index contributed by atoms with van der Waals surface area (Å²) in [4.78, 5) is 1.54. The van der Waals surface area contributed by atoms with Crippen LogP contribution in [0.5, 0.6) is 11.5 Å². The van der Waals surface area contributed by atoms with E-state index in [1.54, 1.807) is 12.1 Å². The van der Waals surface area contributed by atoms with Crippen molar-refractivity contribution >= 4 is 11.8 Å². The molecular weight excluding hydrogens is 424 g/mol. The molecule has 3 heterocycles. The molecule has 0 radical (unpaired) electrons. The summed E-state index contributed by atoms with van der Waals surface area (Å²) >= 11 is 0. The van der Waals surface area contributed by atoms with Gasteiger partial charge in [0.25, 0.3) is 0 Å². The van der Waals surface area contributed by atoms with Crippen LogP contribution in [0.4, 0.5) is 26.3 Å². The number of hydrogen-bond acceptors (Lipinski definition) is 3. The van der Waals surface area contributed by atoms with E-state index in [1.807, 2.05) is 13.8 Å². The van der Waals surface area contributed by atoms with Gasteiger partial charge in [0.2, 0.25) is 6.79 Å². The molecule has 31 heavy (non-hydrogen) atoms. The van der Waals surface area contributed by atoms with E-state index in [0.717, 1.165) is 11.8 Å². The fourth-order valence-electron chi connectivity index (χ4n) is 6.23. The van der Waals surface area contributed by atoms with Gasteiger partial charge in [-0.2, -0.15) is 26.3 Å². The zero-order valence-corrected chi connectivity index (χ0v) is 16.4. The van der Waals surface area contributed by atoms with Crippen LogP contribution in [0.25, 0.3) is 11.8 Å². The molecule has 2 saturated carbocycles. The third kappa shape index (κ3) is 1.54. The third-order valence-electron chi connectivity index (χ3n) is 8.10. The molecule has 7 rings (SSSR count). The minimum atomic E-state index is -5.50. The maximum Gasteiger partial charge on any atom is 0.380 e. The highest BCUT2D eigenvalue weighted by Gasteiger charge is 2.83. The summed E-state index contributed by atoms with van der Waals surface area (Å²) in [5, 5.41) is 1.29. The Morgan fingerprint density at radius 2 is 1.74 bits per heavy atom. The van der Waals surface area contributed by atoms with Crippen molar-refractivity contribution in [1.82, 2.24) is 4.90 Å². The van der Waals surface area contributed by atoms with Crippen LogP contribution < -0.4 is 19.9 Å². The van der Waals surface area contributed by atoms with Crippen molar-refractivity contribution in [2.75, 3.05) is 6.79 Å². The highest BCUT2D eigenvalue weighted by atomic mass is 19.3. The third-order valence-corrected chi connectivity index (χ3v) is 8.10. The van der Waals surface area contributed by atoms with Gasteiger partial charge >= 0.3 is 17.8 Å². The van der Waals surface area contributed by atoms with Gasteiger partial charge in [0.15, 0.2) is 11.5 Å². The van der Waals surface area contributed by atoms with Crippen molar-refractivity contribution in [2.45, 2.75) is 55.4 Å². The van der Waals surface area contributed by atoms with Crippen LogP contribution >= 0.6 is 0 Å². The SMILES string of the molecule is CC12CC1(C)N1C=C3C(=C4CC=c5cc6c(c2c5=C41)OCO6)C(F)(F)C(F)(F)C3(F)F. The number of nitrogens with zero attached hydrogens (tertiary/aromatic N) is 1. The van der Waals surface area contributed by atoms with Gasteiger partial charge in [0, 0.05) is 28.0 Å². The predicted molar refractivity (Wildman–Crippen MR) is 96.5 cm³/mol. The zero-order valence-electron chi connectivity index (χ0n) is 16.4. The molecule has 1 aromatic rings. The first-order chi connectivity index (χ1) is 14.4. The van der Waals surface area contributed by atoms with Crippen molar-refractivity contribution in [2.24, 2.45) is 0 Å². The van der Waals surface area contributed by atoms with Crippen molar-refractivity contribution in [3.05, 3.63) is 45.0 Å². The fraction of sp³-hybridized carbons (Fsp3) is 0.455. The standard InChI is InChI=1S/C22H15F6NO2/c1-18-7-19(18,2)29-6-11-14(21(25,26)22(27,28)20(11,23)24)10-4-3-9-5-12-17(31-8-30-12)15(18)13(9)16(10)29/h3,5-6H,4,7-8H2,1-2H3. The molecule has 9 heteroatoms. The van der Waals surface area contributed by atoms with Crippen LogP contribution in [0.3, 0.4) is 0 Å². The van der Waals surface area contributed by atoms with Crippen LogP contribution in [-0.2, 0) is 5.41 Å². The Bertz CT molecular complexity index is 1340. The summed E-state index contributed by atoms with van der Waals surface area (Å²) in [5.41, 5.74) is -2.89. The quantitative estimate of drug-likeness (QED) is 0.578. The molecule has 0 spiro atoms. The molecule has 0 N–H and O–H groups in total. The Morgan fingerprint density at radius 1 is 1.00 bits per heavy atom. The van der Waals surface area contributed by atoms with E-state index < -0.39 is 39.9 Å². The molecule has 2 fully saturated rings. The number of halogens is 6. The number of hydrogen-bond donors (Lipinski definition) is 0. The topological polar surface area (TPSA) is 21.7 Å². The van der Waals surface area contributed by atoms with E-state index in [0.29, 0.717) is 34.1 Å². The summed E-state index contributed by atoms with van der Waals surface area (Å²) < 4.78 is 98.8. The number of alkyl halides is 6. The number of benzene rings is 1. The van der Waals surface area contributed by atoms with Crippen molar-refractivity contribution in [3.63, 3.8) is 0 Å². The van der Waals surface area contributed by atoms with Gasteiger partial charge < -0.3 is 14.4 Å². The average molecular weight is 439 g/mol. The molecule has 3 nitrogen and oxygen atoms in total. The Hall–Kier alpha value is -2.58. The van der Waals surface area contributed by atoms with Gasteiger partial charge in [-0.25, -0.2) is 0 Å². The molecule has 0 aromatic heterocycles. The van der Waals surface area contributed by atoms with Crippen LogP contribution in [0.15, 0.2) is 29.0 Å². The van der Waals surface area contributed by atoms with Gasteiger partial charge in [0.05, 0.1) is 16.8 Å². The van der Waals surface area contributed by atoms with Crippen LogP contribution in [0.1, 0.15) is 32.3 Å². The molecule has 0 bridgehead atoms. The summed E-state index contributed by atoms with van der Waals surface area (Å²) in [6.45, 7) is 3.80. The van der Waals surface area contributed by atoms with E-state index >= 15 is 0 Å². The molecule has 2 atom stereocenters. The minimum absolute atomic E-state index is 0.0194. The minimum Gasteiger partial charge on any atom is -0.454 e. The van der Waals surface area contributed by atoms with Gasteiger partial charge in [0.1, 0.15) is 0 Å². The van der Waals surface area contributed by atoms with Crippen LogP contribution in [-0.4, -0.2) is 35.0 Å². The normalized spacial score (nSPS) is 35.8. The van der Waals surface area contributed by atoms with E-state index in [4.69, 9.17) is 9.47 Å². The van der Waals surface area contributed by atoms with E-state index in [9.17, 15) is 26.3 Å². The number of ether oxygens (including phenoxy) is 2. The maximum atomic E-state index is 14.8. The van der Waals surface area contributed by atoms with Gasteiger partial charge in [-0.15, -0.1) is 0 Å². The van der Waals surface area contributed by atoms with Gasteiger partial charge in [-0.1, -0.05) is 13.0 Å². The molecular formula is C22H15F6NO2. The number of fused-ring (bicyclic) bond motifs is 6. The second-order valence-electron chi connectivity index (χ2n) is 9.48. The Balaban J connectivity index is 1.68. The predicted octanol–water partition coefficient (Wildman–Crippen LogP) is 3.56.